The molecule has 0 bridgehead atoms. The molecule has 1 aliphatic carbocycles. The predicted octanol–water partition coefficient (Wildman–Crippen LogP) is 3.95. The summed E-state index contributed by atoms with van der Waals surface area (Å²) in [5.74, 6) is 1.18. The molecule has 1 N–H and O–H groups in total. The minimum absolute atomic E-state index is 0.0736. The Balaban J connectivity index is 2.58. The van der Waals surface area contributed by atoms with Crippen molar-refractivity contribution < 1.29 is 9.90 Å². The average Bonchev–Trinajstić information content (AvgIpc) is 2.16. The summed E-state index contributed by atoms with van der Waals surface area (Å²) in [6.45, 7) is 6.62. The first kappa shape index (κ1) is 13.5. The van der Waals surface area contributed by atoms with Gasteiger partial charge >= 0.3 is 5.97 Å². The molecule has 0 aromatic carbocycles. The third-order valence-electron chi connectivity index (χ3n) is 3.88. The van der Waals surface area contributed by atoms with Crippen LogP contribution < -0.4 is 0 Å². The van der Waals surface area contributed by atoms with Gasteiger partial charge in [0.05, 0.1) is 5.92 Å². The van der Waals surface area contributed by atoms with Crippen LogP contribution in [0.5, 0.6) is 0 Å². The molecule has 1 fully saturated rings. The van der Waals surface area contributed by atoms with E-state index in [2.05, 4.69) is 20.8 Å². The molecule has 2 heteroatoms. The monoisotopic (exact) mass is 226 g/mol. The number of hydrogen-bond acceptors (Lipinski definition) is 1. The summed E-state index contributed by atoms with van der Waals surface area (Å²) in [6.07, 6.45) is 6.76. The van der Waals surface area contributed by atoms with Crippen LogP contribution in [0.3, 0.4) is 0 Å². The Labute approximate surface area is 99.4 Å². The molecule has 0 spiro atoms. The lowest BCUT2D eigenvalue weighted by Crippen LogP contribution is -2.31. The van der Waals surface area contributed by atoms with Crippen LogP contribution in [0.4, 0.5) is 0 Å². The van der Waals surface area contributed by atoms with Gasteiger partial charge in [0, 0.05) is 0 Å². The number of hydrogen-bond donors (Lipinski definition) is 1. The van der Waals surface area contributed by atoms with Crippen LogP contribution in [0.1, 0.15) is 59.3 Å². The molecular weight excluding hydrogens is 200 g/mol. The summed E-state index contributed by atoms with van der Waals surface area (Å²) < 4.78 is 0. The highest BCUT2D eigenvalue weighted by molar-refractivity contribution is 5.70. The second-order valence-electron chi connectivity index (χ2n) is 5.80. The molecule has 0 aromatic heterocycles. The van der Waals surface area contributed by atoms with Gasteiger partial charge in [-0.15, -0.1) is 0 Å². The molecule has 94 valence electrons. The second-order valence-corrected chi connectivity index (χ2v) is 5.80. The van der Waals surface area contributed by atoms with E-state index in [-0.39, 0.29) is 5.92 Å². The van der Waals surface area contributed by atoms with Gasteiger partial charge in [-0.25, -0.2) is 0 Å². The summed E-state index contributed by atoms with van der Waals surface area (Å²) in [7, 11) is 0. The fourth-order valence-electron chi connectivity index (χ4n) is 3.22. The largest absolute Gasteiger partial charge is 0.481 e. The van der Waals surface area contributed by atoms with E-state index in [1.807, 2.05) is 0 Å². The smallest absolute Gasteiger partial charge is 0.306 e. The summed E-state index contributed by atoms with van der Waals surface area (Å²) in [6, 6.07) is 0. The standard InChI is InChI=1S/C14H26O2/c1-4-5-11-6-7-13(14(15)16)12(9-11)8-10(2)3/h10-13H,4-9H2,1-3H3,(H,15,16). The minimum Gasteiger partial charge on any atom is -0.481 e. The van der Waals surface area contributed by atoms with Crippen LogP contribution in [0.25, 0.3) is 0 Å². The molecule has 1 saturated carbocycles. The summed E-state index contributed by atoms with van der Waals surface area (Å²) in [5, 5.41) is 9.24. The van der Waals surface area contributed by atoms with Crippen LogP contribution in [-0.2, 0) is 4.79 Å². The van der Waals surface area contributed by atoms with Gasteiger partial charge in [-0.1, -0.05) is 33.6 Å². The van der Waals surface area contributed by atoms with Crippen molar-refractivity contribution in [3.8, 4) is 0 Å². The maximum Gasteiger partial charge on any atom is 0.306 e. The SMILES string of the molecule is CCCC1CCC(C(=O)O)C(CC(C)C)C1. The fourth-order valence-corrected chi connectivity index (χ4v) is 3.22. The zero-order valence-electron chi connectivity index (χ0n) is 10.9. The molecule has 0 amide bonds. The zero-order valence-corrected chi connectivity index (χ0v) is 10.9. The fraction of sp³-hybridized carbons (Fsp3) is 0.929. The van der Waals surface area contributed by atoms with Crippen molar-refractivity contribution in [2.75, 3.05) is 0 Å². The van der Waals surface area contributed by atoms with Crippen LogP contribution in [0.2, 0.25) is 0 Å². The number of carboxylic acid groups (broad SMARTS) is 1. The molecule has 1 rings (SSSR count). The molecule has 0 radical (unpaired) electrons. The Morgan fingerprint density at radius 2 is 2.06 bits per heavy atom. The zero-order chi connectivity index (χ0) is 12.1. The van der Waals surface area contributed by atoms with Gasteiger partial charge in [0.2, 0.25) is 0 Å². The Morgan fingerprint density at radius 1 is 1.38 bits per heavy atom. The Bertz CT molecular complexity index is 223. The third kappa shape index (κ3) is 3.80. The highest BCUT2D eigenvalue weighted by Gasteiger charge is 2.34. The highest BCUT2D eigenvalue weighted by atomic mass is 16.4. The molecule has 16 heavy (non-hydrogen) atoms. The van der Waals surface area contributed by atoms with Crippen molar-refractivity contribution >= 4 is 5.97 Å². The van der Waals surface area contributed by atoms with E-state index in [4.69, 9.17) is 0 Å². The lowest BCUT2D eigenvalue weighted by atomic mass is 9.70. The molecular formula is C14H26O2. The Kier molecular flexibility index (Phi) is 5.30. The molecule has 3 atom stereocenters. The van der Waals surface area contributed by atoms with Gasteiger partial charge in [-0.2, -0.15) is 0 Å². The van der Waals surface area contributed by atoms with E-state index in [9.17, 15) is 9.90 Å². The third-order valence-corrected chi connectivity index (χ3v) is 3.88. The van der Waals surface area contributed by atoms with Crippen LogP contribution in [0.15, 0.2) is 0 Å². The Morgan fingerprint density at radius 3 is 2.56 bits per heavy atom. The van der Waals surface area contributed by atoms with Gasteiger partial charge in [-0.05, 0) is 43.4 Å². The molecule has 0 aromatic rings. The van der Waals surface area contributed by atoms with Crippen molar-refractivity contribution in [1.29, 1.82) is 0 Å². The quantitative estimate of drug-likeness (QED) is 0.770. The van der Waals surface area contributed by atoms with Gasteiger partial charge in [0.15, 0.2) is 0 Å². The first-order chi connectivity index (χ1) is 7.54. The van der Waals surface area contributed by atoms with E-state index in [1.54, 1.807) is 0 Å². The second kappa shape index (κ2) is 6.27. The van der Waals surface area contributed by atoms with Crippen molar-refractivity contribution in [2.24, 2.45) is 23.7 Å². The van der Waals surface area contributed by atoms with Crippen LogP contribution in [0, 0.1) is 23.7 Å². The van der Waals surface area contributed by atoms with Crippen molar-refractivity contribution in [1.82, 2.24) is 0 Å². The first-order valence-electron chi connectivity index (χ1n) is 6.77. The van der Waals surface area contributed by atoms with Gasteiger partial charge in [-0.3, -0.25) is 4.79 Å². The van der Waals surface area contributed by atoms with Crippen LogP contribution >= 0.6 is 0 Å². The van der Waals surface area contributed by atoms with E-state index in [0.717, 1.165) is 31.6 Å². The lowest BCUT2D eigenvalue weighted by Gasteiger charge is -2.35. The molecule has 0 heterocycles. The average molecular weight is 226 g/mol. The maximum absolute atomic E-state index is 11.2. The molecule has 0 saturated heterocycles. The van der Waals surface area contributed by atoms with E-state index in [1.165, 1.54) is 12.8 Å². The summed E-state index contributed by atoms with van der Waals surface area (Å²) in [5.41, 5.74) is 0. The van der Waals surface area contributed by atoms with Gasteiger partial charge in [0.1, 0.15) is 0 Å². The number of aliphatic carboxylic acids is 1. The van der Waals surface area contributed by atoms with Gasteiger partial charge < -0.3 is 5.11 Å². The van der Waals surface area contributed by atoms with Gasteiger partial charge in [0.25, 0.3) is 0 Å². The van der Waals surface area contributed by atoms with E-state index in [0.29, 0.717) is 11.8 Å². The summed E-state index contributed by atoms with van der Waals surface area (Å²) >= 11 is 0. The molecule has 0 aliphatic heterocycles. The Hall–Kier alpha value is -0.530. The maximum atomic E-state index is 11.2. The van der Waals surface area contributed by atoms with Crippen molar-refractivity contribution in [3.05, 3.63) is 0 Å². The molecule has 1 aliphatic rings. The minimum atomic E-state index is -0.569. The van der Waals surface area contributed by atoms with Crippen molar-refractivity contribution in [3.63, 3.8) is 0 Å². The van der Waals surface area contributed by atoms with Crippen LogP contribution in [-0.4, -0.2) is 11.1 Å². The van der Waals surface area contributed by atoms with E-state index >= 15 is 0 Å². The first-order valence-corrected chi connectivity index (χ1v) is 6.77. The normalized spacial score (nSPS) is 30.6. The number of carbonyl (C=O) groups is 1. The van der Waals surface area contributed by atoms with Crippen molar-refractivity contribution in [2.45, 2.75) is 59.3 Å². The predicted molar refractivity (Wildman–Crippen MR) is 66.3 cm³/mol. The highest BCUT2D eigenvalue weighted by Crippen LogP contribution is 2.39. The molecule has 2 nitrogen and oxygen atoms in total. The molecule has 3 unspecified atom stereocenters. The lowest BCUT2D eigenvalue weighted by molar-refractivity contribution is -0.145. The number of carboxylic acids is 1. The topological polar surface area (TPSA) is 37.3 Å². The number of rotatable bonds is 5. The van der Waals surface area contributed by atoms with E-state index < -0.39 is 5.97 Å². The summed E-state index contributed by atoms with van der Waals surface area (Å²) in [4.78, 5) is 11.2.